The minimum atomic E-state index is -0.653. The first-order valence-electron chi connectivity index (χ1n) is 6.08. The van der Waals surface area contributed by atoms with Crippen molar-refractivity contribution in [1.29, 1.82) is 0 Å². The van der Waals surface area contributed by atoms with Gasteiger partial charge in [0.2, 0.25) is 11.8 Å². The predicted octanol–water partition coefficient (Wildman–Crippen LogP) is 0.322. The van der Waals surface area contributed by atoms with Crippen molar-refractivity contribution in [3.05, 3.63) is 48.6 Å². The Morgan fingerprint density at radius 1 is 1.26 bits per heavy atom. The molecule has 0 saturated heterocycles. The van der Waals surface area contributed by atoms with Crippen LogP contribution in [0.25, 0.3) is 0 Å². The van der Waals surface area contributed by atoms with Crippen LogP contribution in [0.15, 0.2) is 43.0 Å². The largest absolute Gasteiger partial charge is 0.350 e. The third kappa shape index (κ3) is 5.83. The lowest BCUT2D eigenvalue weighted by Crippen LogP contribution is -2.44. The molecule has 0 fully saturated rings. The van der Waals surface area contributed by atoms with Crippen molar-refractivity contribution >= 4 is 11.8 Å². The molecule has 1 aromatic carbocycles. The van der Waals surface area contributed by atoms with Gasteiger partial charge in [-0.25, -0.2) is 0 Å². The molecule has 4 N–H and O–H groups in total. The Morgan fingerprint density at radius 2 is 1.95 bits per heavy atom. The summed E-state index contributed by atoms with van der Waals surface area (Å²) in [4.78, 5) is 23.0. The van der Waals surface area contributed by atoms with Crippen molar-refractivity contribution in [1.82, 2.24) is 10.6 Å². The average molecular weight is 261 g/mol. The van der Waals surface area contributed by atoms with Crippen LogP contribution in [0.4, 0.5) is 0 Å². The minimum absolute atomic E-state index is 0.0729. The van der Waals surface area contributed by atoms with Gasteiger partial charge >= 0.3 is 0 Å². The zero-order valence-electron chi connectivity index (χ0n) is 10.8. The normalized spacial score (nSPS) is 11.4. The summed E-state index contributed by atoms with van der Waals surface area (Å²) in [5, 5.41) is 5.19. The quantitative estimate of drug-likeness (QED) is 0.618. The summed E-state index contributed by atoms with van der Waals surface area (Å²) in [6, 6.07) is 8.89. The van der Waals surface area contributed by atoms with E-state index in [0.29, 0.717) is 13.0 Å². The molecule has 0 spiro atoms. The fraction of sp³-hybridized carbons (Fsp3) is 0.286. The summed E-state index contributed by atoms with van der Waals surface area (Å²) < 4.78 is 0. The van der Waals surface area contributed by atoms with Gasteiger partial charge in [-0.2, -0.15) is 0 Å². The van der Waals surface area contributed by atoms with Crippen molar-refractivity contribution in [2.45, 2.75) is 19.0 Å². The molecule has 1 atom stereocenters. The van der Waals surface area contributed by atoms with E-state index in [0.717, 1.165) is 5.56 Å². The average Bonchev–Trinajstić information content (AvgIpc) is 2.43. The monoisotopic (exact) mass is 261 g/mol. The van der Waals surface area contributed by atoms with Crippen LogP contribution in [0.1, 0.15) is 12.0 Å². The summed E-state index contributed by atoms with van der Waals surface area (Å²) in [6.07, 6.45) is 1.96. The van der Waals surface area contributed by atoms with E-state index in [2.05, 4.69) is 17.2 Å². The van der Waals surface area contributed by atoms with E-state index >= 15 is 0 Å². The first-order valence-corrected chi connectivity index (χ1v) is 6.08. The Labute approximate surface area is 112 Å². The summed E-state index contributed by atoms with van der Waals surface area (Å²) in [5.74, 6) is -0.599. The molecule has 0 aliphatic heterocycles. The number of rotatable bonds is 7. The second-order valence-electron chi connectivity index (χ2n) is 4.11. The molecule has 1 rings (SSSR count). The Balaban J connectivity index is 2.25. The first kappa shape index (κ1) is 14.9. The van der Waals surface area contributed by atoms with Gasteiger partial charge in [-0.3, -0.25) is 9.59 Å². The Bertz CT molecular complexity index is 432. The van der Waals surface area contributed by atoms with Crippen molar-refractivity contribution in [2.24, 2.45) is 5.73 Å². The number of nitrogens with two attached hydrogens (primary N) is 1. The Morgan fingerprint density at radius 3 is 2.58 bits per heavy atom. The molecule has 1 unspecified atom stereocenters. The SMILES string of the molecule is C=CCC(N)C(=O)NCC(=O)NCc1ccccc1. The molecule has 0 bridgehead atoms. The van der Waals surface area contributed by atoms with Crippen molar-refractivity contribution in [3.63, 3.8) is 0 Å². The van der Waals surface area contributed by atoms with Crippen LogP contribution in [-0.2, 0) is 16.1 Å². The zero-order chi connectivity index (χ0) is 14.1. The standard InChI is InChI=1S/C14H19N3O2/c1-2-6-12(15)14(19)17-10-13(18)16-9-11-7-4-3-5-8-11/h2-5,7-8,12H,1,6,9-10,15H2,(H,16,18)(H,17,19). The molecule has 0 aliphatic carbocycles. The fourth-order valence-electron chi connectivity index (χ4n) is 1.44. The highest BCUT2D eigenvalue weighted by Gasteiger charge is 2.12. The van der Waals surface area contributed by atoms with E-state index < -0.39 is 6.04 Å². The number of carbonyl (C=O) groups excluding carboxylic acids is 2. The van der Waals surface area contributed by atoms with E-state index in [1.807, 2.05) is 30.3 Å². The summed E-state index contributed by atoms with van der Waals surface area (Å²) >= 11 is 0. The highest BCUT2D eigenvalue weighted by atomic mass is 16.2. The lowest BCUT2D eigenvalue weighted by molar-refractivity contribution is -0.126. The van der Waals surface area contributed by atoms with Gasteiger partial charge in [-0.1, -0.05) is 36.4 Å². The van der Waals surface area contributed by atoms with Crippen LogP contribution < -0.4 is 16.4 Å². The van der Waals surface area contributed by atoms with Crippen LogP contribution in [0.5, 0.6) is 0 Å². The summed E-state index contributed by atoms with van der Waals surface area (Å²) in [5.41, 5.74) is 6.57. The molecule has 0 heterocycles. The van der Waals surface area contributed by atoms with Gasteiger partial charge in [-0.15, -0.1) is 6.58 Å². The van der Waals surface area contributed by atoms with E-state index in [-0.39, 0.29) is 18.4 Å². The molecule has 0 saturated carbocycles. The van der Waals surface area contributed by atoms with Gasteiger partial charge in [0.15, 0.2) is 0 Å². The maximum absolute atomic E-state index is 11.5. The number of hydrogen-bond donors (Lipinski definition) is 3. The van der Waals surface area contributed by atoms with Crippen molar-refractivity contribution in [3.8, 4) is 0 Å². The number of benzene rings is 1. The van der Waals surface area contributed by atoms with Crippen LogP contribution >= 0.6 is 0 Å². The highest BCUT2D eigenvalue weighted by molar-refractivity contribution is 5.87. The van der Waals surface area contributed by atoms with Crippen LogP contribution in [0, 0.1) is 0 Å². The van der Waals surface area contributed by atoms with Crippen LogP contribution in [0.2, 0.25) is 0 Å². The van der Waals surface area contributed by atoms with Crippen LogP contribution in [-0.4, -0.2) is 24.4 Å². The highest BCUT2D eigenvalue weighted by Crippen LogP contribution is 1.96. The molecule has 0 radical (unpaired) electrons. The number of carbonyl (C=O) groups is 2. The molecule has 1 aromatic rings. The molecule has 102 valence electrons. The summed E-state index contributed by atoms with van der Waals surface area (Å²) in [7, 11) is 0. The van der Waals surface area contributed by atoms with Gasteiger partial charge in [0.25, 0.3) is 0 Å². The summed E-state index contributed by atoms with van der Waals surface area (Å²) in [6.45, 7) is 3.87. The molecule has 0 aromatic heterocycles. The molecule has 19 heavy (non-hydrogen) atoms. The molecule has 2 amide bonds. The lowest BCUT2D eigenvalue weighted by atomic mass is 10.2. The zero-order valence-corrected chi connectivity index (χ0v) is 10.8. The number of nitrogens with one attached hydrogen (secondary N) is 2. The molecule has 0 aliphatic rings. The second kappa shape index (κ2) is 8.05. The minimum Gasteiger partial charge on any atom is -0.350 e. The first-order chi connectivity index (χ1) is 9.13. The molecular formula is C14H19N3O2. The fourth-order valence-corrected chi connectivity index (χ4v) is 1.44. The van der Waals surface area contributed by atoms with E-state index in [9.17, 15) is 9.59 Å². The molecule has 5 heteroatoms. The Kier molecular flexibility index (Phi) is 6.32. The maximum atomic E-state index is 11.5. The van der Waals surface area contributed by atoms with Crippen molar-refractivity contribution in [2.75, 3.05) is 6.54 Å². The van der Waals surface area contributed by atoms with Crippen LogP contribution in [0.3, 0.4) is 0 Å². The number of hydrogen-bond acceptors (Lipinski definition) is 3. The Hall–Kier alpha value is -2.14. The van der Waals surface area contributed by atoms with Gasteiger partial charge < -0.3 is 16.4 Å². The lowest BCUT2D eigenvalue weighted by Gasteiger charge is -2.10. The third-order valence-electron chi connectivity index (χ3n) is 2.51. The smallest absolute Gasteiger partial charge is 0.239 e. The van der Waals surface area contributed by atoms with Gasteiger partial charge in [0.1, 0.15) is 0 Å². The predicted molar refractivity (Wildman–Crippen MR) is 74.1 cm³/mol. The van der Waals surface area contributed by atoms with E-state index in [4.69, 9.17) is 5.73 Å². The molecule has 5 nitrogen and oxygen atoms in total. The second-order valence-corrected chi connectivity index (χ2v) is 4.11. The van der Waals surface area contributed by atoms with E-state index in [1.54, 1.807) is 6.08 Å². The van der Waals surface area contributed by atoms with Gasteiger partial charge in [-0.05, 0) is 12.0 Å². The molecular weight excluding hydrogens is 242 g/mol. The van der Waals surface area contributed by atoms with E-state index in [1.165, 1.54) is 0 Å². The van der Waals surface area contributed by atoms with Crippen molar-refractivity contribution < 1.29 is 9.59 Å². The maximum Gasteiger partial charge on any atom is 0.239 e. The van der Waals surface area contributed by atoms with Gasteiger partial charge in [0, 0.05) is 6.54 Å². The van der Waals surface area contributed by atoms with Gasteiger partial charge in [0.05, 0.1) is 12.6 Å². The third-order valence-corrected chi connectivity index (χ3v) is 2.51. The number of amides is 2. The topological polar surface area (TPSA) is 84.2 Å².